The molecule has 0 radical (unpaired) electrons. The summed E-state index contributed by atoms with van der Waals surface area (Å²) in [4.78, 5) is 45.9. The molecule has 0 saturated heterocycles. The molecular weight excluding hydrogens is 364 g/mol. The summed E-state index contributed by atoms with van der Waals surface area (Å²) in [6, 6.07) is -2.10. The zero-order chi connectivity index (χ0) is 20.3. The lowest BCUT2D eigenvalue weighted by atomic mass is 10.1. The van der Waals surface area contributed by atoms with E-state index in [-0.39, 0.29) is 31.7 Å². The molecule has 10 nitrogen and oxygen atoms in total. The Bertz CT molecular complexity index is 509. The molecule has 0 saturated carbocycles. The molecule has 0 unspecified atom stereocenters. The van der Waals surface area contributed by atoms with Gasteiger partial charge >= 0.3 is 11.9 Å². The molecule has 2 atom stereocenters. The van der Waals surface area contributed by atoms with Gasteiger partial charge in [-0.1, -0.05) is 0 Å². The van der Waals surface area contributed by atoms with Gasteiger partial charge in [-0.15, -0.1) is 0 Å². The van der Waals surface area contributed by atoms with E-state index < -0.39 is 35.8 Å². The topological polar surface area (TPSA) is 148 Å². The second-order valence-corrected chi connectivity index (χ2v) is 7.10. The van der Waals surface area contributed by atoms with Crippen LogP contribution in [0.1, 0.15) is 12.8 Å². The van der Waals surface area contributed by atoms with Gasteiger partial charge in [0.1, 0.15) is 31.8 Å². The molecule has 150 valence electrons. The Labute approximate surface area is 158 Å². The Hall–Kier alpha value is -1.85. The predicted octanol–water partition coefficient (Wildman–Crippen LogP) is -2.04. The number of rotatable bonds is 12. The lowest BCUT2D eigenvalue weighted by Gasteiger charge is -2.23. The van der Waals surface area contributed by atoms with Crippen molar-refractivity contribution >= 4 is 36.4 Å². The minimum Gasteiger partial charge on any atom is -0.480 e. The summed E-state index contributed by atoms with van der Waals surface area (Å²) < 4.78 is 5.64. The highest BCUT2D eigenvalue weighted by Crippen LogP contribution is 1.97. The van der Waals surface area contributed by atoms with Gasteiger partial charge in [-0.2, -0.15) is 12.6 Å². The van der Waals surface area contributed by atoms with E-state index in [1.54, 1.807) is 0 Å². The third-order valence-corrected chi connectivity index (χ3v) is 3.63. The maximum absolute atomic E-state index is 12.0. The number of thiol groups is 1. The number of aliphatic carboxylic acids is 1. The Morgan fingerprint density at radius 3 is 2.35 bits per heavy atom. The van der Waals surface area contributed by atoms with E-state index in [2.05, 4.69) is 23.3 Å². The zero-order valence-corrected chi connectivity index (χ0v) is 16.3. The van der Waals surface area contributed by atoms with E-state index in [9.17, 15) is 19.2 Å². The largest absolute Gasteiger partial charge is 0.480 e. The molecule has 0 aromatic carbocycles. The van der Waals surface area contributed by atoms with Crippen LogP contribution < -0.4 is 16.4 Å². The molecule has 0 aliphatic carbocycles. The fourth-order valence-corrected chi connectivity index (χ4v) is 1.89. The van der Waals surface area contributed by atoms with Crippen LogP contribution in [-0.4, -0.2) is 92.0 Å². The fraction of sp³-hybridized carbons (Fsp3) is 0.733. The van der Waals surface area contributed by atoms with Gasteiger partial charge in [0.05, 0.1) is 21.1 Å². The van der Waals surface area contributed by atoms with Crippen LogP contribution in [0.4, 0.5) is 0 Å². The summed E-state index contributed by atoms with van der Waals surface area (Å²) in [6.07, 6.45) is -0.196. The summed E-state index contributed by atoms with van der Waals surface area (Å²) >= 11 is 3.99. The van der Waals surface area contributed by atoms with E-state index >= 15 is 0 Å². The molecule has 2 amide bonds. The Kier molecular flexibility index (Phi) is 10.9. The van der Waals surface area contributed by atoms with Crippen molar-refractivity contribution < 1.29 is 33.5 Å². The molecule has 5 N–H and O–H groups in total. The number of hydrogen-bond donors (Lipinski definition) is 5. The van der Waals surface area contributed by atoms with Gasteiger partial charge in [-0.3, -0.25) is 19.2 Å². The minimum absolute atomic E-state index is 0.0130. The number of nitrogens with one attached hydrogen (secondary N) is 2. The number of amides is 2. The van der Waals surface area contributed by atoms with E-state index in [0.717, 1.165) is 0 Å². The van der Waals surface area contributed by atoms with E-state index in [4.69, 9.17) is 15.6 Å². The minimum atomic E-state index is -1.20. The van der Waals surface area contributed by atoms with Gasteiger partial charge in [-0.25, -0.2) is 0 Å². The number of esters is 1. The number of carboxylic acid groups (broad SMARTS) is 1. The molecule has 11 heteroatoms. The summed E-state index contributed by atoms with van der Waals surface area (Å²) in [5.74, 6) is -2.88. The van der Waals surface area contributed by atoms with E-state index in [1.165, 1.54) is 0 Å². The van der Waals surface area contributed by atoms with Crippen molar-refractivity contribution in [2.75, 3.05) is 46.6 Å². The summed E-state index contributed by atoms with van der Waals surface area (Å²) in [7, 11) is 5.87. The molecule has 0 aliphatic rings. The number of likely N-dealkylation sites (N-methyl/N-ethyl adjacent to an activating group) is 1. The molecule has 0 aliphatic heterocycles. The van der Waals surface area contributed by atoms with Crippen molar-refractivity contribution in [2.45, 2.75) is 24.9 Å². The molecular formula is C15H29N4O6S+. The number of nitrogens with two attached hydrogens (primary N) is 1. The number of quaternary nitrogens is 1. The van der Waals surface area contributed by atoms with E-state index in [1.807, 2.05) is 21.1 Å². The number of carboxylic acids is 1. The lowest BCUT2D eigenvalue weighted by Crippen LogP contribution is -2.49. The smallest absolute Gasteiger partial charge is 0.325 e. The van der Waals surface area contributed by atoms with Crippen LogP contribution in [0.15, 0.2) is 0 Å². The first kappa shape index (κ1) is 24.1. The quantitative estimate of drug-likeness (QED) is 0.146. The molecule has 0 spiro atoms. The van der Waals surface area contributed by atoms with Crippen LogP contribution in [0, 0.1) is 0 Å². The highest BCUT2D eigenvalue weighted by atomic mass is 32.1. The number of carbonyl (C=O) groups is 4. The maximum atomic E-state index is 12.0. The highest BCUT2D eigenvalue weighted by molar-refractivity contribution is 7.80. The van der Waals surface area contributed by atoms with Crippen molar-refractivity contribution in [3.63, 3.8) is 0 Å². The molecule has 0 aromatic heterocycles. The lowest BCUT2D eigenvalue weighted by molar-refractivity contribution is -0.870. The van der Waals surface area contributed by atoms with Gasteiger partial charge in [0.25, 0.3) is 0 Å². The number of ether oxygens (including phenoxy) is 1. The van der Waals surface area contributed by atoms with Crippen LogP contribution in [0.25, 0.3) is 0 Å². The molecule has 0 rings (SSSR count). The Balaban J connectivity index is 4.21. The molecule has 0 fully saturated rings. The van der Waals surface area contributed by atoms with Crippen molar-refractivity contribution in [3.8, 4) is 0 Å². The fourth-order valence-electron chi connectivity index (χ4n) is 1.64. The van der Waals surface area contributed by atoms with Crippen LogP contribution in [0.2, 0.25) is 0 Å². The SMILES string of the molecule is C[N+](C)(C)CCOC(=O)CNC(=O)[C@H](CS)NC(=O)CC[C@H](N)C(=O)O. The van der Waals surface area contributed by atoms with Gasteiger partial charge < -0.3 is 30.7 Å². The number of hydrogen-bond acceptors (Lipinski definition) is 7. The second-order valence-electron chi connectivity index (χ2n) is 6.74. The second kappa shape index (κ2) is 11.7. The zero-order valence-electron chi connectivity index (χ0n) is 15.4. The molecule has 0 heterocycles. The average Bonchev–Trinajstić information content (AvgIpc) is 2.53. The van der Waals surface area contributed by atoms with Gasteiger partial charge in [0.2, 0.25) is 11.8 Å². The first-order valence-electron chi connectivity index (χ1n) is 8.08. The van der Waals surface area contributed by atoms with Crippen LogP contribution in [0.3, 0.4) is 0 Å². The van der Waals surface area contributed by atoms with Crippen molar-refractivity contribution in [2.24, 2.45) is 5.73 Å². The molecule has 26 heavy (non-hydrogen) atoms. The van der Waals surface area contributed by atoms with Crippen molar-refractivity contribution in [1.29, 1.82) is 0 Å². The third kappa shape index (κ3) is 11.7. The van der Waals surface area contributed by atoms with Gasteiger partial charge in [-0.05, 0) is 6.42 Å². The Morgan fingerprint density at radius 2 is 1.85 bits per heavy atom. The van der Waals surface area contributed by atoms with Crippen LogP contribution >= 0.6 is 12.6 Å². The highest BCUT2D eigenvalue weighted by Gasteiger charge is 2.21. The first-order chi connectivity index (χ1) is 12.0. The number of nitrogens with zero attached hydrogens (tertiary/aromatic N) is 1. The van der Waals surface area contributed by atoms with Crippen molar-refractivity contribution in [1.82, 2.24) is 10.6 Å². The monoisotopic (exact) mass is 393 g/mol. The van der Waals surface area contributed by atoms with Crippen molar-refractivity contribution in [3.05, 3.63) is 0 Å². The molecule has 0 bridgehead atoms. The van der Waals surface area contributed by atoms with Crippen LogP contribution in [0.5, 0.6) is 0 Å². The number of carbonyl (C=O) groups excluding carboxylic acids is 3. The van der Waals surface area contributed by atoms with E-state index in [0.29, 0.717) is 11.0 Å². The summed E-state index contributed by atoms with van der Waals surface area (Å²) in [5, 5.41) is 13.4. The average molecular weight is 393 g/mol. The van der Waals surface area contributed by atoms with Gasteiger partial charge in [0, 0.05) is 12.2 Å². The summed E-state index contributed by atoms with van der Waals surface area (Å²) in [6.45, 7) is 0.544. The predicted molar refractivity (Wildman–Crippen MR) is 97.5 cm³/mol. The maximum Gasteiger partial charge on any atom is 0.325 e. The standard InChI is InChI=1S/C15H28N4O6S/c1-19(2,3)6-7-25-13(21)8-17-14(22)11(9-26)18-12(20)5-4-10(16)15(23)24/h10-11H,4-9,16H2,1-3H3,(H3-,17,18,20,22,23,24,26)/p+1/t10-,11-/m0/s1. The Morgan fingerprint density at radius 1 is 1.23 bits per heavy atom. The molecule has 0 aromatic rings. The third-order valence-electron chi connectivity index (χ3n) is 3.27. The van der Waals surface area contributed by atoms with Gasteiger partial charge in [0.15, 0.2) is 0 Å². The van der Waals surface area contributed by atoms with Crippen LogP contribution in [-0.2, 0) is 23.9 Å². The normalized spacial score (nSPS) is 13.4. The first-order valence-corrected chi connectivity index (χ1v) is 8.72. The summed E-state index contributed by atoms with van der Waals surface area (Å²) in [5.41, 5.74) is 5.31.